The van der Waals surface area contributed by atoms with E-state index in [0.29, 0.717) is 0 Å². The van der Waals surface area contributed by atoms with Gasteiger partial charge in [0.25, 0.3) is 0 Å². The van der Waals surface area contributed by atoms with Crippen LogP contribution >= 0.6 is 0 Å². The molecule has 2 atom stereocenters. The minimum Gasteiger partial charge on any atom is -0.495 e. The number of ether oxygens (including phenoxy) is 1. The molecule has 6 heteroatoms. The van der Waals surface area contributed by atoms with E-state index in [1.54, 1.807) is 13.4 Å². The van der Waals surface area contributed by atoms with Crippen molar-refractivity contribution in [3.05, 3.63) is 83.2 Å². The summed E-state index contributed by atoms with van der Waals surface area (Å²) in [6.45, 7) is 2.69. The Morgan fingerprint density at radius 1 is 1.16 bits per heavy atom. The molecular weight excluding hydrogens is 405 g/mol. The van der Waals surface area contributed by atoms with Crippen LogP contribution in [-0.4, -0.2) is 40.1 Å². The van der Waals surface area contributed by atoms with E-state index in [4.69, 9.17) is 4.74 Å². The second kappa shape index (κ2) is 8.26. The van der Waals surface area contributed by atoms with Crippen LogP contribution in [0.4, 0.5) is 4.39 Å². The van der Waals surface area contributed by atoms with Crippen molar-refractivity contribution >= 4 is 12.0 Å². The number of benzene rings is 2. The van der Waals surface area contributed by atoms with Crippen molar-refractivity contribution in [3.63, 3.8) is 0 Å². The molecule has 0 aliphatic carbocycles. The van der Waals surface area contributed by atoms with Crippen molar-refractivity contribution < 1.29 is 13.9 Å². The Morgan fingerprint density at radius 2 is 1.97 bits per heavy atom. The molecule has 5 nitrogen and oxygen atoms in total. The first kappa shape index (κ1) is 20.5. The van der Waals surface area contributed by atoms with Gasteiger partial charge in [-0.2, -0.15) is 0 Å². The van der Waals surface area contributed by atoms with E-state index in [1.807, 2.05) is 59.0 Å². The molecule has 2 aromatic carbocycles. The van der Waals surface area contributed by atoms with Gasteiger partial charge in [0.1, 0.15) is 11.6 Å². The first-order valence-corrected chi connectivity index (χ1v) is 11.0. The monoisotopic (exact) mass is 431 g/mol. The molecule has 0 N–H and O–H groups in total. The quantitative estimate of drug-likeness (QED) is 0.553. The number of hydrogen-bond donors (Lipinski definition) is 0. The molecule has 2 aliphatic rings. The number of fused-ring (bicyclic) bond motifs is 1. The average molecular weight is 432 g/mol. The number of imidazole rings is 1. The van der Waals surface area contributed by atoms with Crippen LogP contribution in [0, 0.1) is 12.7 Å². The fourth-order valence-corrected chi connectivity index (χ4v) is 5.04. The third-order valence-corrected chi connectivity index (χ3v) is 6.62. The fourth-order valence-electron chi connectivity index (χ4n) is 5.04. The Hall–Kier alpha value is -3.41. The minimum atomic E-state index is -0.224. The molecule has 2 aliphatic heterocycles. The number of carbonyl (C=O) groups is 1. The largest absolute Gasteiger partial charge is 0.495 e. The summed E-state index contributed by atoms with van der Waals surface area (Å²) in [4.78, 5) is 19.5. The van der Waals surface area contributed by atoms with Crippen LogP contribution < -0.4 is 4.74 Å². The molecule has 0 bridgehead atoms. The zero-order valence-electron chi connectivity index (χ0n) is 18.3. The van der Waals surface area contributed by atoms with Crippen molar-refractivity contribution in [1.82, 2.24) is 14.5 Å². The lowest BCUT2D eigenvalue weighted by atomic mass is 9.86. The van der Waals surface area contributed by atoms with E-state index >= 15 is 0 Å². The van der Waals surface area contributed by atoms with Crippen LogP contribution in [0.2, 0.25) is 0 Å². The molecule has 164 valence electrons. The van der Waals surface area contributed by atoms with E-state index in [9.17, 15) is 9.18 Å². The summed E-state index contributed by atoms with van der Waals surface area (Å²) in [5.74, 6) is 0.895. The fraction of sp³-hybridized carbons (Fsp3) is 0.308. The minimum absolute atomic E-state index is 0.110. The zero-order chi connectivity index (χ0) is 22.2. The highest BCUT2D eigenvalue weighted by Gasteiger charge is 2.41. The molecule has 0 unspecified atom stereocenters. The van der Waals surface area contributed by atoms with Gasteiger partial charge in [-0.15, -0.1) is 0 Å². The van der Waals surface area contributed by atoms with E-state index in [0.717, 1.165) is 59.6 Å². The number of hydrogen-bond acceptors (Lipinski definition) is 3. The molecule has 32 heavy (non-hydrogen) atoms. The number of carbonyl (C=O) groups excluding carboxylic acids is 1. The molecule has 0 saturated carbocycles. The summed E-state index contributed by atoms with van der Waals surface area (Å²) in [5.41, 5.74) is 4.74. The van der Waals surface area contributed by atoms with Gasteiger partial charge in [-0.1, -0.05) is 18.2 Å². The molecule has 1 amide bonds. The van der Waals surface area contributed by atoms with E-state index in [2.05, 4.69) is 4.98 Å². The second-order valence-corrected chi connectivity index (χ2v) is 8.57. The number of methoxy groups -OCH3 is 1. The van der Waals surface area contributed by atoms with Gasteiger partial charge >= 0.3 is 0 Å². The summed E-state index contributed by atoms with van der Waals surface area (Å²) in [6, 6.07) is 12.9. The van der Waals surface area contributed by atoms with Gasteiger partial charge in [-0.05, 0) is 67.7 Å². The Balaban J connectivity index is 1.37. The number of aryl methyl sites for hydroxylation is 1. The predicted molar refractivity (Wildman–Crippen MR) is 121 cm³/mol. The molecule has 3 aromatic rings. The van der Waals surface area contributed by atoms with Gasteiger partial charge in [0.15, 0.2) is 0 Å². The molecule has 1 aromatic heterocycles. The Morgan fingerprint density at radius 3 is 2.69 bits per heavy atom. The highest BCUT2D eigenvalue weighted by atomic mass is 19.1. The number of amides is 1. The highest BCUT2D eigenvalue weighted by molar-refractivity contribution is 5.99. The van der Waals surface area contributed by atoms with Crippen LogP contribution in [0.1, 0.15) is 42.0 Å². The third-order valence-electron chi connectivity index (χ3n) is 6.62. The smallest absolute Gasteiger partial charge is 0.250 e. The molecule has 2 fully saturated rings. The lowest BCUT2D eigenvalue weighted by molar-refractivity contribution is -0.129. The van der Waals surface area contributed by atoms with Crippen molar-refractivity contribution in [2.75, 3.05) is 13.7 Å². The standard InChI is InChI=1S/C26H26FN3O2/c1-17-15-29(16-28-17)24-9-3-18(14-25(24)32-2)13-20-6-10-23-22(11-12-30(23)26(20)31)19-4-7-21(27)8-5-19/h3-5,7-9,13-16,22-23H,6,10-12H2,1-2H3/b20-13+/t22-,23-/m0/s1. The van der Waals surface area contributed by atoms with E-state index in [-0.39, 0.29) is 23.7 Å². The summed E-state index contributed by atoms with van der Waals surface area (Å²) in [6.07, 6.45) is 8.27. The van der Waals surface area contributed by atoms with Crippen LogP contribution in [0.25, 0.3) is 11.8 Å². The second-order valence-electron chi connectivity index (χ2n) is 8.57. The van der Waals surface area contributed by atoms with Gasteiger partial charge in [0, 0.05) is 30.3 Å². The van der Waals surface area contributed by atoms with Gasteiger partial charge < -0.3 is 14.2 Å². The summed E-state index contributed by atoms with van der Waals surface area (Å²) in [7, 11) is 1.65. The molecule has 0 spiro atoms. The molecule has 3 heterocycles. The van der Waals surface area contributed by atoms with Crippen molar-refractivity contribution in [3.8, 4) is 11.4 Å². The summed E-state index contributed by atoms with van der Waals surface area (Å²) >= 11 is 0. The lowest BCUT2D eigenvalue weighted by Crippen LogP contribution is -2.42. The SMILES string of the molecule is COc1cc(/C=C2\CC[C@H]3[C@H](c4ccc(F)cc4)CCN3C2=O)ccc1-n1cnc(C)c1. The van der Waals surface area contributed by atoms with Gasteiger partial charge in [-0.3, -0.25) is 4.79 Å². The topological polar surface area (TPSA) is 47.4 Å². The number of aromatic nitrogens is 2. The molecule has 0 radical (unpaired) electrons. The van der Waals surface area contributed by atoms with Gasteiger partial charge in [-0.25, -0.2) is 9.37 Å². The number of halogens is 1. The maximum absolute atomic E-state index is 13.3. The Kier molecular flexibility index (Phi) is 5.29. The number of piperidine rings is 1. The maximum atomic E-state index is 13.3. The van der Waals surface area contributed by atoms with Crippen molar-refractivity contribution in [1.29, 1.82) is 0 Å². The van der Waals surface area contributed by atoms with Gasteiger partial charge in [0.05, 0.1) is 24.8 Å². The van der Waals surface area contributed by atoms with Crippen LogP contribution in [0.3, 0.4) is 0 Å². The third kappa shape index (κ3) is 3.70. The molecule has 2 saturated heterocycles. The van der Waals surface area contributed by atoms with E-state index < -0.39 is 0 Å². The van der Waals surface area contributed by atoms with Crippen molar-refractivity contribution in [2.24, 2.45) is 0 Å². The van der Waals surface area contributed by atoms with Crippen LogP contribution in [-0.2, 0) is 4.79 Å². The Labute approximate surface area is 187 Å². The average Bonchev–Trinajstić information content (AvgIpc) is 3.43. The zero-order valence-corrected chi connectivity index (χ0v) is 18.3. The normalized spacial score (nSPS) is 21.8. The molecule has 5 rings (SSSR count). The Bertz CT molecular complexity index is 1180. The van der Waals surface area contributed by atoms with Crippen molar-refractivity contribution in [2.45, 2.75) is 38.1 Å². The maximum Gasteiger partial charge on any atom is 0.250 e. The highest BCUT2D eigenvalue weighted by Crippen LogP contribution is 2.41. The number of rotatable bonds is 4. The van der Waals surface area contributed by atoms with Gasteiger partial charge in [0.2, 0.25) is 5.91 Å². The summed E-state index contributed by atoms with van der Waals surface area (Å²) in [5, 5.41) is 0. The van der Waals surface area contributed by atoms with Crippen LogP contribution in [0.15, 0.2) is 60.6 Å². The molecular formula is C26H26FN3O2. The predicted octanol–water partition coefficient (Wildman–Crippen LogP) is 4.89. The lowest BCUT2D eigenvalue weighted by Gasteiger charge is -2.34. The number of nitrogens with zero attached hydrogens (tertiary/aromatic N) is 3. The summed E-state index contributed by atoms with van der Waals surface area (Å²) < 4.78 is 20.9. The van der Waals surface area contributed by atoms with Crippen LogP contribution in [0.5, 0.6) is 5.75 Å². The first-order valence-electron chi connectivity index (χ1n) is 11.0. The first-order chi connectivity index (χ1) is 15.5. The van der Waals surface area contributed by atoms with E-state index in [1.165, 1.54) is 12.1 Å².